The molecule has 0 aliphatic carbocycles. The summed E-state index contributed by atoms with van der Waals surface area (Å²) < 4.78 is 12.9. The first-order chi connectivity index (χ1) is 6.15. The standard InChI is InChI=1S/C9H9ClFNO/c10-7-4-6(2-1-3-12)5-8(11)9(7)13/h1-2,4-5,13H,3,12H2/b2-1+. The van der Waals surface area contributed by atoms with Gasteiger partial charge in [0, 0.05) is 6.54 Å². The lowest BCUT2D eigenvalue weighted by Gasteiger charge is -2.00. The number of nitrogens with two attached hydrogens (primary N) is 1. The van der Waals surface area contributed by atoms with Crippen molar-refractivity contribution in [1.82, 2.24) is 0 Å². The Labute approximate surface area is 80.4 Å². The Morgan fingerprint density at radius 2 is 2.23 bits per heavy atom. The first-order valence-electron chi connectivity index (χ1n) is 3.69. The SMILES string of the molecule is NC/C=C/c1cc(F)c(O)c(Cl)c1. The predicted molar refractivity (Wildman–Crippen MR) is 51.2 cm³/mol. The lowest BCUT2D eigenvalue weighted by molar-refractivity contribution is 0.432. The fraction of sp³-hybridized carbons (Fsp3) is 0.111. The number of benzene rings is 1. The molecule has 0 aliphatic heterocycles. The van der Waals surface area contributed by atoms with Crippen LogP contribution in [0.1, 0.15) is 5.56 Å². The van der Waals surface area contributed by atoms with E-state index in [2.05, 4.69) is 0 Å². The number of phenols is 1. The van der Waals surface area contributed by atoms with Gasteiger partial charge in [0.25, 0.3) is 0 Å². The van der Waals surface area contributed by atoms with E-state index >= 15 is 0 Å². The summed E-state index contributed by atoms with van der Waals surface area (Å²) in [6.07, 6.45) is 3.30. The summed E-state index contributed by atoms with van der Waals surface area (Å²) in [6, 6.07) is 2.65. The topological polar surface area (TPSA) is 46.2 Å². The van der Waals surface area contributed by atoms with Gasteiger partial charge in [-0.2, -0.15) is 0 Å². The zero-order chi connectivity index (χ0) is 9.84. The van der Waals surface area contributed by atoms with Gasteiger partial charge in [-0.05, 0) is 17.7 Å². The van der Waals surface area contributed by atoms with E-state index in [0.717, 1.165) is 0 Å². The maximum Gasteiger partial charge on any atom is 0.170 e. The zero-order valence-electron chi connectivity index (χ0n) is 6.80. The third kappa shape index (κ3) is 2.44. The largest absolute Gasteiger partial charge is 0.504 e. The number of halogens is 2. The molecule has 0 aliphatic rings. The van der Waals surface area contributed by atoms with E-state index < -0.39 is 11.6 Å². The van der Waals surface area contributed by atoms with E-state index in [1.54, 1.807) is 12.2 Å². The van der Waals surface area contributed by atoms with Gasteiger partial charge in [-0.1, -0.05) is 23.8 Å². The van der Waals surface area contributed by atoms with Crippen LogP contribution in [0.5, 0.6) is 5.75 Å². The van der Waals surface area contributed by atoms with E-state index in [-0.39, 0.29) is 5.02 Å². The van der Waals surface area contributed by atoms with Crippen LogP contribution >= 0.6 is 11.6 Å². The van der Waals surface area contributed by atoms with Gasteiger partial charge < -0.3 is 10.8 Å². The lowest BCUT2D eigenvalue weighted by Crippen LogP contribution is -1.92. The number of hydrogen-bond donors (Lipinski definition) is 2. The summed E-state index contributed by atoms with van der Waals surface area (Å²) in [5.74, 6) is -1.25. The van der Waals surface area contributed by atoms with Crippen molar-refractivity contribution in [3.63, 3.8) is 0 Å². The number of aromatic hydroxyl groups is 1. The van der Waals surface area contributed by atoms with Gasteiger partial charge in [0.05, 0.1) is 5.02 Å². The summed E-state index contributed by atoms with van der Waals surface area (Å²) in [6.45, 7) is 0.375. The molecule has 0 fully saturated rings. The third-order valence-corrected chi connectivity index (χ3v) is 1.77. The lowest BCUT2D eigenvalue weighted by atomic mass is 10.2. The molecule has 1 aromatic carbocycles. The Morgan fingerprint density at radius 1 is 1.54 bits per heavy atom. The molecule has 0 bridgehead atoms. The number of phenolic OH excluding ortho intramolecular Hbond substituents is 1. The summed E-state index contributed by atoms with van der Waals surface area (Å²) in [7, 11) is 0. The number of rotatable bonds is 2. The maximum absolute atomic E-state index is 12.9. The van der Waals surface area contributed by atoms with E-state index in [9.17, 15) is 4.39 Å². The van der Waals surface area contributed by atoms with Crippen LogP contribution < -0.4 is 5.73 Å². The van der Waals surface area contributed by atoms with Gasteiger partial charge in [-0.25, -0.2) is 4.39 Å². The molecule has 70 valence electrons. The zero-order valence-corrected chi connectivity index (χ0v) is 7.55. The normalized spacial score (nSPS) is 11.0. The highest BCUT2D eigenvalue weighted by Gasteiger charge is 2.05. The molecular weight excluding hydrogens is 193 g/mol. The Bertz CT molecular complexity index is 315. The van der Waals surface area contributed by atoms with E-state index in [1.165, 1.54) is 12.1 Å². The van der Waals surface area contributed by atoms with Crippen LogP contribution in [0.25, 0.3) is 6.08 Å². The molecule has 0 saturated heterocycles. The van der Waals surface area contributed by atoms with Gasteiger partial charge in [0.1, 0.15) is 0 Å². The summed E-state index contributed by atoms with van der Waals surface area (Å²) >= 11 is 5.54. The van der Waals surface area contributed by atoms with Crippen LogP contribution in [0.2, 0.25) is 5.02 Å². The van der Waals surface area contributed by atoms with Crippen LogP contribution in [-0.2, 0) is 0 Å². The molecule has 0 atom stereocenters. The molecule has 0 saturated carbocycles. The minimum atomic E-state index is -0.732. The van der Waals surface area contributed by atoms with Crippen molar-refractivity contribution in [2.24, 2.45) is 5.73 Å². The second kappa shape index (κ2) is 4.25. The molecule has 0 heterocycles. The average molecular weight is 202 g/mol. The molecule has 0 unspecified atom stereocenters. The van der Waals surface area contributed by atoms with Gasteiger partial charge in [0.15, 0.2) is 11.6 Å². The quantitative estimate of drug-likeness (QED) is 0.770. The Kier molecular flexibility index (Phi) is 3.28. The molecule has 3 N–H and O–H groups in total. The highest BCUT2D eigenvalue weighted by Crippen LogP contribution is 2.27. The fourth-order valence-corrected chi connectivity index (χ4v) is 1.10. The highest BCUT2D eigenvalue weighted by atomic mass is 35.5. The van der Waals surface area contributed by atoms with Crippen molar-refractivity contribution in [2.45, 2.75) is 0 Å². The van der Waals surface area contributed by atoms with Crippen molar-refractivity contribution in [2.75, 3.05) is 6.54 Å². The molecule has 13 heavy (non-hydrogen) atoms. The smallest absolute Gasteiger partial charge is 0.170 e. The van der Waals surface area contributed by atoms with Crippen molar-refractivity contribution in [3.05, 3.63) is 34.6 Å². The average Bonchev–Trinajstić information content (AvgIpc) is 2.10. The first kappa shape index (κ1) is 10.0. The van der Waals surface area contributed by atoms with E-state index in [1.807, 2.05) is 0 Å². The summed E-state index contributed by atoms with van der Waals surface area (Å²) in [4.78, 5) is 0. The van der Waals surface area contributed by atoms with Crippen molar-refractivity contribution in [1.29, 1.82) is 0 Å². The second-order valence-electron chi connectivity index (χ2n) is 2.47. The van der Waals surface area contributed by atoms with Gasteiger partial charge >= 0.3 is 0 Å². The maximum atomic E-state index is 12.9. The minimum Gasteiger partial charge on any atom is -0.504 e. The second-order valence-corrected chi connectivity index (χ2v) is 2.88. The molecule has 0 radical (unpaired) electrons. The van der Waals surface area contributed by atoms with Crippen molar-refractivity contribution in [3.8, 4) is 5.75 Å². The van der Waals surface area contributed by atoms with Crippen LogP contribution in [0, 0.1) is 5.82 Å². The van der Waals surface area contributed by atoms with E-state index in [4.69, 9.17) is 22.4 Å². The monoisotopic (exact) mass is 201 g/mol. The Morgan fingerprint density at radius 3 is 2.77 bits per heavy atom. The van der Waals surface area contributed by atoms with Crippen LogP contribution in [-0.4, -0.2) is 11.7 Å². The van der Waals surface area contributed by atoms with Gasteiger partial charge in [0.2, 0.25) is 0 Å². The van der Waals surface area contributed by atoms with Crippen LogP contribution in [0.4, 0.5) is 4.39 Å². The van der Waals surface area contributed by atoms with Gasteiger partial charge in [-0.15, -0.1) is 0 Å². The Balaban J connectivity index is 3.06. The summed E-state index contributed by atoms with van der Waals surface area (Å²) in [5, 5.41) is 9.00. The predicted octanol–water partition coefficient (Wildman–Crippen LogP) is 2.16. The van der Waals surface area contributed by atoms with Crippen molar-refractivity contribution >= 4 is 17.7 Å². The highest BCUT2D eigenvalue weighted by molar-refractivity contribution is 6.32. The molecular formula is C9H9ClFNO. The molecule has 1 aromatic rings. The minimum absolute atomic E-state index is 0.00308. The van der Waals surface area contributed by atoms with E-state index in [0.29, 0.717) is 12.1 Å². The molecule has 1 rings (SSSR count). The third-order valence-electron chi connectivity index (χ3n) is 1.49. The van der Waals surface area contributed by atoms with Gasteiger partial charge in [-0.3, -0.25) is 0 Å². The van der Waals surface area contributed by atoms with Crippen molar-refractivity contribution < 1.29 is 9.50 Å². The van der Waals surface area contributed by atoms with Crippen LogP contribution in [0.3, 0.4) is 0 Å². The molecule has 4 heteroatoms. The summed E-state index contributed by atoms with van der Waals surface area (Å²) in [5.41, 5.74) is 5.79. The first-order valence-corrected chi connectivity index (χ1v) is 4.07. The van der Waals surface area contributed by atoms with Crippen LogP contribution in [0.15, 0.2) is 18.2 Å². The molecule has 2 nitrogen and oxygen atoms in total. The molecule has 0 spiro atoms. The fourth-order valence-electron chi connectivity index (χ4n) is 0.885. The number of hydrogen-bond acceptors (Lipinski definition) is 2. The molecule has 0 aromatic heterocycles. The Hall–Kier alpha value is -1.06. The molecule has 0 amide bonds.